The van der Waals surface area contributed by atoms with E-state index in [-0.39, 0.29) is 42.0 Å². The predicted molar refractivity (Wildman–Crippen MR) is 141 cm³/mol. The lowest BCUT2D eigenvalue weighted by molar-refractivity contribution is -0.167. The molecule has 13 heteroatoms. The number of anilines is 1. The summed E-state index contributed by atoms with van der Waals surface area (Å²) in [5, 5.41) is 35.1. The predicted octanol–water partition coefficient (Wildman–Crippen LogP) is 2.06. The number of aromatic nitrogens is 3. The maximum absolute atomic E-state index is 14.9. The third-order valence-corrected chi connectivity index (χ3v) is 7.30. The summed E-state index contributed by atoms with van der Waals surface area (Å²) in [6.45, 7) is -1.95. The van der Waals surface area contributed by atoms with Gasteiger partial charge >= 0.3 is 5.92 Å². The van der Waals surface area contributed by atoms with Crippen molar-refractivity contribution in [2.75, 3.05) is 25.0 Å². The van der Waals surface area contributed by atoms with Gasteiger partial charge in [-0.1, -0.05) is 6.07 Å². The van der Waals surface area contributed by atoms with Crippen LogP contribution in [0.4, 0.5) is 14.6 Å². The Hall–Kier alpha value is -4.41. The number of alkyl halides is 2. The van der Waals surface area contributed by atoms with Crippen LogP contribution in [0.25, 0.3) is 11.1 Å². The summed E-state index contributed by atoms with van der Waals surface area (Å²) in [6, 6.07) is 9.89. The maximum atomic E-state index is 14.9. The zero-order valence-corrected chi connectivity index (χ0v) is 22.1. The monoisotopic (exact) mass is 566 g/mol. The number of likely N-dealkylation sites (tertiary alicyclic amines) is 1. The summed E-state index contributed by atoms with van der Waals surface area (Å²) in [6.07, 6.45) is 2.30. The van der Waals surface area contributed by atoms with Gasteiger partial charge in [0.25, 0.3) is 5.91 Å². The molecule has 2 fully saturated rings. The van der Waals surface area contributed by atoms with Gasteiger partial charge in [-0.05, 0) is 53.3 Å². The number of rotatable bonds is 8. The number of amides is 2. The van der Waals surface area contributed by atoms with Gasteiger partial charge in [0.15, 0.2) is 12.2 Å². The molecular formula is C28H28F2N6O5. The zero-order valence-electron chi connectivity index (χ0n) is 22.1. The topological polar surface area (TPSA) is 154 Å². The lowest BCUT2D eigenvalue weighted by atomic mass is 10.0. The van der Waals surface area contributed by atoms with E-state index < -0.39 is 37.2 Å². The number of aliphatic hydroxyl groups excluding tert-OH is 2. The van der Waals surface area contributed by atoms with Crippen molar-refractivity contribution in [3.05, 3.63) is 60.0 Å². The Bertz CT molecular complexity index is 1510. The molecular weight excluding hydrogens is 538 g/mol. The van der Waals surface area contributed by atoms with Gasteiger partial charge in [0.05, 0.1) is 24.9 Å². The van der Waals surface area contributed by atoms with Crippen LogP contribution in [0.3, 0.4) is 0 Å². The summed E-state index contributed by atoms with van der Waals surface area (Å²) in [4.78, 5) is 29.8. The highest BCUT2D eigenvalue weighted by Crippen LogP contribution is 2.47. The summed E-state index contributed by atoms with van der Waals surface area (Å²) in [5.74, 6) is -4.33. The molecule has 11 nitrogen and oxygen atoms in total. The van der Waals surface area contributed by atoms with Gasteiger partial charge in [-0.15, -0.1) is 0 Å². The number of nitrogens with one attached hydrogen (secondary N) is 1. The third kappa shape index (κ3) is 6.03. The molecule has 5 rings (SSSR count). The van der Waals surface area contributed by atoms with Crippen molar-refractivity contribution >= 4 is 17.6 Å². The Morgan fingerprint density at radius 3 is 2.76 bits per heavy atom. The van der Waals surface area contributed by atoms with E-state index in [1.807, 2.05) is 19.3 Å². The first-order valence-electron chi connectivity index (χ1n) is 13.0. The number of pyridine rings is 1. The molecule has 2 aliphatic rings. The fourth-order valence-corrected chi connectivity index (χ4v) is 4.98. The van der Waals surface area contributed by atoms with Crippen molar-refractivity contribution in [3.8, 4) is 22.9 Å². The minimum Gasteiger partial charge on any atom is -0.483 e. The van der Waals surface area contributed by atoms with Gasteiger partial charge in [-0.3, -0.25) is 14.3 Å². The highest BCUT2D eigenvalue weighted by molar-refractivity contribution is 5.95. The molecule has 214 valence electrons. The number of halogens is 2. The smallest absolute Gasteiger partial charge is 0.301 e. The Labute approximate surface area is 234 Å². The van der Waals surface area contributed by atoms with E-state index >= 15 is 0 Å². The van der Waals surface area contributed by atoms with E-state index in [9.17, 15) is 28.7 Å². The number of hydrogen-bond donors (Lipinski definition) is 3. The molecule has 0 radical (unpaired) electrons. The molecule has 41 heavy (non-hydrogen) atoms. The standard InChI is InChI=1S/C28H28F2N6O5/c1-35-13-19(12-33-35)20-10-21(20)26(39)34-25-9-17(4-6-32-25)16-2-3-23(18(8-16)11-31)41-24-5-7-36(15-28(24,29)30)27(40)22(38)14-37/h2-4,6,8-9,12-13,20-22,24,37-38H,5,7,10,14-15H2,1H3,(H,32,34,39)/t20-,21+,22-,24-/m0/s1. The quantitative estimate of drug-likeness (QED) is 0.375. The Balaban J connectivity index is 1.25. The molecule has 3 aromatic rings. The molecule has 1 saturated carbocycles. The van der Waals surface area contributed by atoms with Crippen molar-refractivity contribution < 1.29 is 33.3 Å². The van der Waals surface area contributed by atoms with Gasteiger partial charge in [0.2, 0.25) is 5.91 Å². The van der Waals surface area contributed by atoms with Crippen molar-refractivity contribution in [3.63, 3.8) is 0 Å². The average Bonchev–Trinajstić information content (AvgIpc) is 3.66. The Morgan fingerprint density at radius 2 is 2.07 bits per heavy atom. The van der Waals surface area contributed by atoms with E-state index in [1.54, 1.807) is 29.1 Å². The van der Waals surface area contributed by atoms with Gasteiger partial charge in [0, 0.05) is 38.3 Å². The van der Waals surface area contributed by atoms with Crippen molar-refractivity contribution in [2.45, 2.75) is 36.9 Å². The SMILES string of the molecule is Cn1cc([C@@H]2C[C@H]2C(=O)Nc2cc(-c3ccc(O[C@H]4CCN(C(=O)[C@@H](O)CO)CC4(F)F)c(C#N)c3)ccn2)cn1. The minimum absolute atomic E-state index is 0.0335. The van der Waals surface area contributed by atoms with E-state index in [1.165, 1.54) is 18.3 Å². The van der Waals surface area contributed by atoms with Gasteiger partial charge in [-0.25, -0.2) is 13.8 Å². The Morgan fingerprint density at radius 1 is 1.29 bits per heavy atom. The number of carbonyl (C=O) groups is 2. The van der Waals surface area contributed by atoms with E-state index in [0.717, 1.165) is 16.9 Å². The number of carbonyl (C=O) groups excluding carboxylic acids is 2. The number of nitrogens with zero attached hydrogens (tertiary/aromatic N) is 5. The first-order chi connectivity index (χ1) is 19.6. The molecule has 1 aliphatic carbocycles. The van der Waals surface area contributed by atoms with Crippen LogP contribution in [0.5, 0.6) is 5.75 Å². The highest BCUT2D eigenvalue weighted by Gasteiger charge is 2.48. The summed E-state index contributed by atoms with van der Waals surface area (Å²) >= 11 is 0. The van der Waals surface area contributed by atoms with Crippen molar-refractivity contribution in [1.29, 1.82) is 5.26 Å². The lowest BCUT2D eigenvalue weighted by Crippen LogP contribution is -2.57. The molecule has 1 aliphatic heterocycles. The van der Waals surface area contributed by atoms with E-state index in [4.69, 9.17) is 9.84 Å². The van der Waals surface area contributed by atoms with E-state index in [0.29, 0.717) is 16.9 Å². The van der Waals surface area contributed by atoms with Crippen LogP contribution in [-0.4, -0.2) is 79.5 Å². The van der Waals surface area contributed by atoms with Crippen LogP contribution in [0.2, 0.25) is 0 Å². The number of hydrogen-bond acceptors (Lipinski definition) is 8. The molecule has 0 unspecified atom stereocenters. The molecule has 1 aromatic carbocycles. The molecule has 0 bridgehead atoms. The van der Waals surface area contributed by atoms with Gasteiger partial charge in [0.1, 0.15) is 17.6 Å². The fraction of sp³-hybridized carbons (Fsp3) is 0.393. The minimum atomic E-state index is -3.45. The van der Waals surface area contributed by atoms with Gasteiger partial charge in [-0.2, -0.15) is 10.4 Å². The van der Waals surface area contributed by atoms with Crippen LogP contribution in [-0.2, 0) is 16.6 Å². The zero-order chi connectivity index (χ0) is 29.3. The van der Waals surface area contributed by atoms with Crippen LogP contribution >= 0.6 is 0 Å². The second-order valence-electron chi connectivity index (χ2n) is 10.3. The lowest BCUT2D eigenvalue weighted by Gasteiger charge is -2.38. The maximum Gasteiger partial charge on any atom is 0.301 e. The third-order valence-electron chi connectivity index (χ3n) is 7.30. The summed E-state index contributed by atoms with van der Waals surface area (Å²) in [5.41, 5.74) is 2.29. The van der Waals surface area contributed by atoms with Crippen LogP contribution in [0.1, 0.15) is 29.9 Å². The number of aliphatic hydroxyl groups is 2. The number of aryl methyl sites for hydroxylation is 1. The van der Waals surface area contributed by atoms with Crippen molar-refractivity contribution in [1.82, 2.24) is 19.7 Å². The summed E-state index contributed by atoms with van der Waals surface area (Å²) < 4.78 is 37.0. The molecule has 0 spiro atoms. The molecule has 3 N–H and O–H groups in total. The second-order valence-corrected chi connectivity index (χ2v) is 10.3. The number of benzene rings is 1. The Kier molecular flexibility index (Phi) is 7.70. The first-order valence-corrected chi connectivity index (χ1v) is 13.0. The van der Waals surface area contributed by atoms with Gasteiger partial charge < -0.3 is 25.2 Å². The normalized spacial score (nSPS) is 22.0. The van der Waals surface area contributed by atoms with Crippen molar-refractivity contribution in [2.24, 2.45) is 13.0 Å². The van der Waals surface area contributed by atoms with Crippen LogP contribution in [0.15, 0.2) is 48.9 Å². The highest BCUT2D eigenvalue weighted by atomic mass is 19.3. The molecule has 3 heterocycles. The van der Waals surface area contributed by atoms with E-state index in [2.05, 4.69) is 15.4 Å². The molecule has 2 aromatic heterocycles. The number of ether oxygens (including phenoxy) is 1. The van der Waals surface area contributed by atoms with Crippen LogP contribution in [0, 0.1) is 17.2 Å². The number of nitriles is 1. The molecule has 2 amide bonds. The number of piperidine rings is 1. The summed E-state index contributed by atoms with van der Waals surface area (Å²) in [7, 11) is 1.82. The fourth-order valence-electron chi connectivity index (χ4n) is 4.98. The second kappa shape index (κ2) is 11.2. The molecule has 4 atom stereocenters. The first kappa shape index (κ1) is 28.1. The van der Waals surface area contributed by atoms with Crippen LogP contribution < -0.4 is 10.1 Å². The largest absolute Gasteiger partial charge is 0.483 e. The molecule has 1 saturated heterocycles. The average molecular weight is 567 g/mol.